The summed E-state index contributed by atoms with van der Waals surface area (Å²) >= 11 is 0. The van der Waals surface area contributed by atoms with Crippen LogP contribution in [0.5, 0.6) is 0 Å². The molecule has 2 atom stereocenters. The Labute approximate surface area is 192 Å². The molecule has 0 amide bonds. The van der Waals surface area contributed by atoms with E-state index in [4.69, 9.17) is 0 Å². The van der Waals surface area contributed by atoms with E-state index < -0.39 is 71.0 Å². The van der Waals surface area contributed by atoms with Gasteiger partial charge in [-0.25, -0.2) is 0 Å². The predicted molar refractivity (Wildman–Crippen MR) is 90.5 cm³/mol. The second kappa shape index (κ2) is 9.11. The lowest BCUT2D eigenvalue weighted by molar-refractivity contribution is -0.443. The molecule has 0 aliphatic rings. The molecule has 0 bridgehead atoms. The fourth-order valence-corrected chi connectivity index (χ4v) is 3.11. The average Bonchev–Trinajstić information content (AvgIpc) is 2.70. The molecule has 0 aliphatic heterocycles. The van der Waals surface area contributed by atoms with Crippen molar-refractivity contribution in [3.8, 4) is 0 Å². The van der Waals surface area contributed by atoms with E-state index in [1.165, 1.54) is 13.8 Å². The van der Waals surface area contributed by atoms with Gasteiger partial charge in [-0.15, -0.1) is 0 Å². The Morgan fingerprint density at radius 1 is 0.639 bits per heavy atom. The third-order valence-corrected chi connectivity index (χ3v) is 5.49. The Morgan fingerprint density at radius 2 is 1.06 bits per heavy atom. The van der Waals surface area contributed by atoms with Crippen LogP contribution in [0.15, 0.2) is 24.3 Å². The molecule has 0 aromatic heterocycles. The lowest BCUT2D eigenvalue weighted by Crippen LogP contribution is -2.70. The first-order valence-corrected chi connectivity index (χ1v) is 9.51. The monoisotopic (exact) mass is 564 g/mol. The fraction of sp³-hybridized carbons (Fsp3) is 0.684. The van der Waals surface area contributed by atoms with Crippen molar-refractivity contribution >= 4 is 0 Å². The molecule has 0 fully saturated rings. The normalized spacial score (nSPS) is 17.6. The molecule has 0 saturated carbocycles. The van der Waals surface area contributed by atoms with Crippen LogP contribution in [-0.4, -0.2) is 47.1 Å². The van der Waals surface area contributed by atoms with Gasteiger partial charge in [0.1, 0.15) is 0 Å². The molecule has 36 heavy (non-hydrogen) atoms. The highest BCUT2D eigenvalue weighted by molar-refractivity contribution is 5.37. The molecule has 0 spiro atoms. The smallest absolute Gasteiger partial charge is 0.376 e. The molecular weight excluding hydrogens is 548 g/mol. The number of hydrogen-bond acceptors (Lipinski definition) is 1. The van der Waals surface area contributed by atoms with Gasteiger partial charge in [-0.05, 0) is 23.5 Å². The highest BCUT2D eigenvalue weighted by atomic mass is 19.4. The van der Waals surface area contributed by atoms with E-state index in [1.807, 2.05) is 0 Å². The fourth-order valence-electron chi connectivity index (χ4n) is 3.11. The van der Waals surface area contributed by atoms with Gasteiger partial charge in [-0.1, -0.05) is 38.1 Å². The molecule has 1 aromatic carbocycles. The second-order valence-electron chi connectivity index (χ2n) is 7.93. The Hall–Kier alpha value is -1.94. The molecule has 0 saturated heterocycles. The van der Waals surface area contributed by atoms with Crippen LogP contribution in [0, 0.1) is 0 Å². The van der Waals surface area contributed by atoms with E-state index in [0.29, 0.717) is 6.07 Å². The van der Waals surface area contributed by atoms with E-state index in [0.717, 1.165) is 12.1 Å². The average molecular weight is 564 g/mol. The lowest BCUT2D eigenvalue weighted by Gasteiger charge is -2.42. The summed E-state index contributed by atoms with van der Waals surface area (Å²) in [7, 11) is 0. The van der Waals surface area contributed by atoms with Crippen LogP contribution in [0.2, 0.25) is 0 Å². The molecule has 1 aromatic rings. The van der Waals surface area contributed by atoms with Crippen molar-refractivity contribution in [2.75, 3.05) is 0 Å². The molecule has 1 N–H and O–H groups in total. The molecule has 2 unspecified atom stereocenters. The summed E-state index contributed by atoms with van der Waals surface area (Å²) in [6, 6.07) is 2.79. The van der Waals surface area contributed by atoms with Crippen molar-refractivity contribution in [2.24, 2.45) is 0 Å². The van der Waals surface area contributed by atoms with E-state index in [2.05, 4.69) is 0 Å². The highest BCUT2D eigenvalue weighted by Gasteiger charge is 2.91. The Bertz CT molecular complexity index is 917. The van der Waals surface area contributed by atoms with Gasteiger partial charge in [0.15, 0.2) is 5.60 Å². The van der Waals surface area contributed by atoms with Gasteiger partial charge < -0.3 is 5.11 Å². The van der Waals surface area contributed by atoms with Crippen molar-refractivity contribution in [3.05, 3.63) is 35.4 Å². The van der Waals surface area contributed by atoms with E-state index in [-0.39, 0.29) is 12.5 Å². The van der Waals surface area contributed by atoms with E-state index >= 15 is 0 Å². The van der Waals surface area contributed by atoms with Crippen LogP contribution in [-0.2, 0) is 5.60 Å². The number of hydrogen-bond donors (Lipinski definition) is 1. The van der Waals surface area contributed by atoms with Gasteiger partial charge in [-0.3, -0.25) is 0 Å². The minimum atomic E-state index is -8.27. The number of benzene rings is 1. The van der Waals surface area contributed by atoms with Crippen LogP contribution in [0.3, 0.4) is 0 Å². The molecule has 0 heterocycles. The SMILES string of the molecule is CCC(C)c1ccccc1C(O)(CC(F)(F)C(F)(F)C(F)(F)C(F)(F)C(F)(F)C(F)(F)F)C(F)(F)F. The Morgan fingerprint density at radius 3 is 1.44 bits per heavy atom. The first-order chi connectivity index (χ1) is 15.7. The van der Waals surface area contributed by atoms with Gasteiger partial charge in [0.2, 0.25) is 0 Å². The number of halogens is 16. The summed E-state index contributed by atoms with van der Waals surface area (Å²) in [4.78, 5) is 0. The standard InChI is InChI=1S/C19H16F16O/c1-3-9(2)10-6-4-5-7-11(10)12(36,18(30,31)32)8-13(20,21)14(22,23)15(24,25)16(26,27)17(28,29)19(33,34)35/h4-7,9,36H,3,8H2,1-2H3. The number of aliphatic hydroxyl groups is 1. The summed E-state index contributed by atoms with van der Waals surface area (Å²) < 4.78 is 214. The van der Waals surface area contributed by atoms with Gasteiger partial charge in [0.05, 0.1) is 6.42 Å². The Kier molecular flexibility index (Phi) is 8.12. The van der Waals surface area contributed by atoms with Crippen LogP contribution in [0.4, 0.5) is 70.2 Å². The third-order valence-electron chi connectivity index (χ3n) is 5.49. The molecule has 0 radical (unpaired) electrons. The highest BCUT2D eigenvalue weighted by Crippen LogP contribution is 2.62. The topological polar surface area (TPSA) is 20.2 Å². The first-order valence-electron chi connectivity index (χ1n) is 9.51. The van der Waals surface area contributed by atoms with Crippen molar-refractivity contribution in [2.45, 2.75) is 80.2 Å². The zero-order chi connectivity index (χ0) is 29.0. The first kappa shape index (κ1) is 32.1. The number of rotatable bonds is 9. The third kappa shape index (κ3) is 4.71. The minimum Gasteiger partial charge on any atom is -0.376 e. The van der Waals surface area contributed by atoms with Gasteiger partial charge >= 0.3 is 42.0 Å². The zero-order valence-corrected chi connectivity index (χ0v) is 17.8. The van der Waals surface area contributed by atoms with Crippen molar-refractivity contribution in [1.82, 2.24) is 0 Å². The van der Waals surface area contributed by atoms with Crippen molar-refractivity contribution in [1.29, 1.82) is 0 Å². The van der Waals surface area contributed by atoms with E-state index in [1.54, 1.807) is 0 Å². The molecule has 1 nitrogen and oxygen atoms in total. The minimum absolute atomic E-state index is 0.0473. The summed E-state index contributed by atoms with van der Waals surface area (Å²) in [5, 5.41) is 10.1. The summed E-state index contributed by atoms with van der Waals surface area (Å²) in [6.07, 6.45) is -17.9. The zero-order valence-electron chi connectivity index (χ0n) is 17.8. The van der Waals surface area contributed by atoms with Crippen LogP contribution < -0.4 is 0 Å². The van der Waals surface area contributed by atoms with Crippen LogP contribution in [0.25, 0.3) is 0 Å². The van der Waals surface area contributed by atoms with Crippen molar-refractivity contribution in [3.63, 3.8) is 0 Å². The van der Waals surface area contributed by atoms with Gasteiger partial charge in [0, 0.05) is 0 Å². The van der Waals surface area contributed by atoms with E-state index in [9.17, 15) is 75.4 Å². The molecule has 1 rings (SSSR count). The van der Waals surface area contributed by atoms with Gasteiger partial charge in [-0.2, -0.15) is 70.2 Å². The Balaban J connectivity index is 3.79. The predicted octanol–water partition coefficient (Wildman–Crippen LogP) is 8.08. The van der Waals surface area contributed by atoms with Gasteiger partial charge in [0.25, 0.3) is 0 Å². The van der Waals surface area contributed by atoms with Crippen LogP contribution in [0.1, 0.15) is 43.7 Å². The molecule has 0 aliphatic carbocycles. The maximum Gasteiger partial charge on any atom is 0.460 e. The molecule has 17 heteroatoms. The number of alkyl halides is 16. The summed E-state index contributed by atoms with van der Waals surface area (Å²) in [5.74, 6) is -40.7. The van der Waals surface area contributed by atoms with Crippen LogP contribution >= 0.6 is 0 Å². The molecular formula is C19H16F16O. The largest absolute Gasteiger partial charge is 0.460 e. The summed E-state index contributed by atoms with van der Waals surface area (Å²) in [6.45, 7) is 2.52. The van der Waals surface area contributed by atoms with Crippen molar-refractivity contribution < 1.29 is 75.4 Å². The molecule has 210 valence electrons. The maximum absolute atomic E-state index is 14.3. The summed E-state index contributed by atoms with van der Waals surface area (Å²) in [5.41, 5.74) is -7.37. The lowest BCUT2D eigenvalue weighted by atomic mass is 9.78. The quantitative estimate of drug-likeness (QED) is 0.301. The maximum atomic E-state index is 14.3. The second-order valence-corrected chi connectivity index (χ2v) is 7.93.